The number of methoxy groups -OCH3 is 1. The molecule has 0 saturated heterocycles. The van der Waals surface area contributed by atoms with Gasteiger partial charge in [0.25, 0.3) is 5.56 Å². The van der Waals surface area contributed by atoms with E-state index in [0.717, 1.165) is 58.4 Å². The van der Waals surface area contributed by atoms with Crippen molar-refractivity contribution in [3.63, 3.8) is 0 Å². The SMILES string of the molecule is CCSc1nc2c(c(=O)n1-c1ccc(OC)cc1)C1(CCCC1)Cc1ccccc1-2. The lowest BCUT2D eigenvalue weighted by atomic mass is 9.68. The van der Waals surface area contributed by atoms with E-state index in [0.29, 0.717) is 0 Å². The van der Waals surface area contributed by atoms with Crippen LogP contribution in [0.5, 0.6) is 5.75 Å². The molecule has 1 heterocycles. The Morgan fingerprint density at radius 3 is 2.53 bits per heavy atom. The van der Waals surface area contributed by atoms with Crippen molar-refractivity contribution in [1.29, 1.82) is 0 Å². The predicted octanol–water partition coefficient (Wildman–Crippen LogP) is 5.39. The molecule has 0 amide bonds. The largest absolute Gasteiger partial charge is 0.497 e. The highest BCUT2D eigenvalue weighted by atomic mass is 32.2. The van der Waals surface area contributed by atoms with Crippen LogP contribution in [0.3, 0.4) is 0 Å². The molecule has 1 spiro atoms. The second kappa shape index (κ2) is 7.62. The van der Waals surface area contributed by atoms with E-state index in [2.05, 4.69) is 31.2 Å². The minimum atomic E-state index is -0.0859. The standard InChI is InChI=1S/C25H26N2O2S/c1-3-30-24-26-22-20-9-5-4-8-17(20)16-25(14-6-7-15-25)21(22)23(28)27(24)18-10-12-19(29-2)13-11-18/h4-5,8-13H,3,6-7,14-16H2,1-2H3. The van der Waals surface area contributed by atoms with Gasteiger partial charge in [-0.25, -0.2) is 4.98 Å². The quantitative estimate of drug-likeness (QED) is 0.421. The number of benzene rings is 2. The summed E-state index contributed by atoms with van der Waals surface area (Å²) in [5.74, 6) is 1.64. The van der Waals surface area contributed by atoms with Crippen molar-refractivity contribution in [3.8, 4) is 22.7 Å². The van der Waals surface area contributed by atoms with Crippen LogP contribution in [0.1, 0.15) is 43.7 Å². The summed E-state index contributed by atoms with van der Waals surface area (Å²) in [5, 5.41) is 0.760. The van der Waals surface area contributed by atoms with Crippen LogP contribution in [0, 0.1) is 0 Å². The predicted molar refractivity (Wildman–Crippen MR) is 122 cm³/mol. The molecular weight excluding hydrogens is 392 g/mol. The molecule has 5 rings (SSSR count). The summed E-state index contributed by atoms with van der Waals surface area (Å²) >= 11 is 1.62. The Bertz CT molecular complexity index is 1140. The number of thioether (sulfide) groups is 1. The van der Waals surface area contributed by atoms with Crippen molar-refractivity contribution in [3.05, 3.63) is 70.0 Å². The first-order valence-electron chi connectivity index (χ1n) is 10.7. The van der Waals surface area contributed by atoms with Crippen molar-refractivity contribution in [2.75, 3.05) is 12.9 Å². The molecule has 5 heteroatoms. The average Bonchev–Trinajstić information content (AvgIpc) is 3.22. The Morgan fingerprint density at radius 1 is 1.10 bits per heavy atom. The zero-order chi connectivity index (χ0) is 20.7. The maximum atomic E-state index is 14.1. The summed E-state index contributed by atoms with van der Waals surface area (Å²) in [6, 6.07) is 16.2. The van der Waals surface area contributed by atoms with Gasteiger partial charge in [-0.3, -0.25) is 9.36 Å². The van der Waals surface area contributed by atoms with E-state index < -0.39 is 0 Å². The van der Waals surface area contributed by atoms with Gasteiger partial charge in [-0.05, 0) is 54.8 Å². The monoisotopic (exact) mass is 418 g/mol. The minimum absolute atomic E-state index is 0.0859. The van der Waals surface area contributed by atoms with Gasteiger partial charge in [0.15, 0.2) is 5.16 Å². The first-order valence-corrected chi connectivity index (χ1v) is 11.7. The second-order valence-electron chi connectivity index (χ2n) is 8.21. The molecule has 0 N–H and O–H groups in total. The summed E-state index contributed by atoms with van der Waals surface area (Å²) in [7, 11) is 1.65. The highest BCUT2D eigenvalue weighted by Crippen LogP contribution is 2.50. The van der Waals surface area contributed by atoms with Crippen molar-refractivity contribution in [2.45, 2.75) is 49.6 Å². The first kappa shape index (κ1) is 19.4. The molecule has 30 heavy (non-hydrogen) atoms. The Kier molecular flexibility index (Phi) is 4.94. The third kappa shape index (κ3) is 2.99. The fourth-order valence-electron chi connectivity index (χ4n) is 5.20. The topological polar surface area (TPSA) is 44.1 Å². The smallest absolute Gasteiger partial charge is 0.263 e. The molecule has 2 aliphatic carbocycles. The number of ether oxygens (including phenoxy) is 1. The average molecular weight is 419 g/mol. The zero-order valence-electron chi connectivity index (χ0n) is 17.5. The third-order valence-electron chi connectivity index (χ3n) is 6.55. The van der Waals surface area contributed by atoms with Gasteiger partial charge in [-0.15, -0.1) is 0 Å². The maximum Gasteiger partial charge on any atom is 0.263 e. The fraction of sp³-hybridized carbons (Fsp3) is 0.360. The number of aromatic nitrogens is 2. The molecule has 2 aromatic carbocycles. The summed E-state index contributed by atoms with van der Waals surface area (Å²) < 4.78 is 7.13. The zero-order valence-corrected chi connectivity index (χ0v) is 18.3. The van der Waals surface area contributed by atoms with Gasteiger partial charge in [0.2, 0.25) is 0 Å². The third-order valence-corrected chi connectivity index (χ3v) is 7.37. The van der Waals surface area contributed by atoms with E-state index in [9.17, 15) is 4.79 Å². The van der Waals surface area contributed by atoms with Crippen LogP contribution in [-0.2, 0) is 11.8 Å². The van der Waals surface area contributed by atoms with Gasteiger partial charge in [-0.2, -0.15) is 0 Å². The van der Waals surface area contributed by atoms with Crippen LogP contribution in [-0.4, -0.2) is 22.4 Å². The van der Waals surface area contributed by atoms with Crippen LogP contribution in [0.2, 0.25) is 0 Å². The van der Waals surface area contributed by atoms with E-state index in [1.165, 1.54) is 18.4 Å². The lowest BCUT2D eigenvalue weighted by molar-refractivity contribution is 0.414. The van der Waals surface area contributed by atoms with Crippen molar-refractivity contribution < 1.29 is 4.74 Å². The Labute approximate surface area is 181 Å². The molecule has 1 aromatic heterocycles. The number of hydrogen-bond acceptors (Lipinski definition) is 4. The Morgan fingerprint density at radius 2 is 1.83 bits per heavy atom. The molecule has 1 saturated carbocycles. The fourth-order valence-corrected chi connectivity index (χ4v) is 5.93. The van der Waals surface area contributed by atoms with E-state index in [-0.39, 0.29) is 11.0 Å². The van der Waals surface area contributed by atoms with Crippen LogP contribution >= 0.6 is 11.8 Å². The summed E-state index contributed by atoms with van der Waals surface area (Å²) in [5.41, 5.74) is 5.14. The molecule has 0 atom stereocenters. The summed E-state index contributed by atoms with van der Waals surface area (Å²) in [6.45, 7) is 2.10. The molecular formula is C25H26N2O2S. The van der Waals surface area contributed by atoms with Gasteiger partial charge in [0.1, 0.15) is 5.75 Å². The Balaban J connectivity index is 1.81. The Hall–Kier alpha value is -2.53. The van der Waals surface area contributed by atoms with Gasteiger partial charge in [0.05, 0.1) is 24.1 Å². The van der Waals surface area contributed by atoms with E-state index >= 15 is 0 Å². The van der Waals surface area contributed by atoms with Gasteiger partial charge >= 0.3 is 0 Å². The van der Waals surface area contributed by atoms with Crippen LogP contribution in [0.15, 0.2) is 58.5 Å². The van der Waals surface area contributed by atoms with Gasteiger partial charge in [-0.1, -0.05) is 55.8 Å². The number of nitrogens with zero attached hydrogens (tertiary/aromatic N) is 2. The summed E-state index contributed by atoms with van der Waals surface area (Å²) in [4.78, 5) is 19.3. The van der Waals surface area contributed by atoms with Crippen LogP contribution in [0.25, 0.3) is 16.9 Å². The lowest BCUT2D eigenvalue weighted by Crippen LogP contribution is -2.40. The molecule has 0 unspecified atom stereocenters. The highest BCUT2D eigenvalue weighted by Gasteiger charge is 2.44. The normalized spacial score (nSPS) is 16.3. The van der Waals surface area contributed by atoms with E-state index in [1.807, 2.05) is 28.8 Å². The number of rotatable bonds is 4. The molecule has 0 radical (unpaired) electrons. The molecule has 3 aromatic rings. The van der Waals surface area contributed by atoms with Crippen LogP contribution in [0.4, 0.5) is 0 Å². The molecule has 2 aliphatic rings. The molecule has 4 nitrogen and oxygen atoms in total. The molecule has 0 aliphatic heterocycles. The molecule has 1 fully saturated rings. The highest BCUT2D eigenvalue weighted by molar-refractivity contribution is 7.99. The van der Waals surface area contributed by atoms with Gasteiger partial charge in [0, 0.05) is 11.0 Å². The maximum absolute atomic E-state index is 14.1. The number of hydrogen-bond donors (Lipinski definition) is 0. The second-order valence-corrected chi connectivity index (χ2v) is 9.44. The van der Waals surface area contributed by atoms with Crippen molar-refractivity contribution in [1.82, 2.24) is 9.55 Å². The summed E-state index contributed by atoms with van der Waals surface area (Å²) in [6.07, 6.45) is 5.42. The van der Waals surface area contributed by atoms with Crippen molar-refractivity contribution >= 4 is 11.8 Å². The first-order chi connectivity index (χ1) is 14.7. The lowest BCUT2D eigenvalue weighted by Gasteiger charge is -2.36. The number of fused-ring (bicyclic) bond motifs is 4. The minimum Gasteiger partial charge on any atom is -0.497 e. The van der Waals surface area contributed by atoms with E-state index in [1.54, 1.807) is 18.9 Å². The van der Waals surface area contributed by atoms with Crippen LogP contribution < -0.4 is 10.3 Å². The molecule has 154 valence electrons. The van der Waals surface area contributed by atoms with Gasteiger partial charge < -0.3 is 4.74 Å². The van der Waals surface area contributed by atoms with Crippen molar-refractivity contribution in [2.24, 2.45) is 0 Å². The van der Waals surface area contributed by atoms with E-state index in [4.69, 9.17) is 9.72 Å². The molecule has 0 bridgehead atoms.